The minimum Gasteiger partial charge on any atom is -0.378 e. The van der Waals surface area contributed by atoms with E-state index in [2.05, 4.69) is 31.2 Å². The SMILES string of the molecule is CCc1ccc(C2CCC(CCC=C(F)C#N)(OC)CC2)cc1. The molecule has 1 aliphatic rings. The molecule has 0 spiro atoms. The molecule has 2 rings (SSSR count). The molecule has 0 unspecified atom stereocenters. The van der Waals surface area contributed by atoms with Crippen LogP contribution in [0, 0.1) is 11.3 Å². The summed E-state index contributed by atoms with van der Waals surface area (Å²) in [5.41, 5.74) is 2.64. The molecule has 0 radical (unpaired) electrons. The molecule has 0 amide bonds. The highest BCUT2D eigenvalue weighted by atomic mass is 19.1. The Hall–Kier alpha value is -1.66. The van der Waals surface area contributed by atoms with Crippen molar-refractivity contribution in [3.8, 4) is 6.07 Å². The molecule has 124 valence electrons. The van der Waals surface area contributed by atoms with Crippen LogP contribution in [0.3, 0.4) is 0 Å². The van der Waals surface area contributed by atoms with Crippen LogP contribution in [-0.4, -0.2) is 12.7 Å². The second kappa shape index (κ2) is 8.26. The minimum absolute atomic E-state index is 0.161. The van der Waals surface area contributed by atoms with Crippen LogP contribution in [0.25, 0.3) is 0 Å². The molecule has 0 atom stereocenters. The third kappa shape index (κ3) is 4.65. The average molecular weight is 315 g/mol. The van der Waals surface area contributed by atoms with Gasteiger partial charge < -0.3 is 4.74 Å². The van der Waals surface area contributed by atoms with Gasteiger partial charge in [0, 0.05) is 7.11 Å². The van der Waals surface area contributed by atoms with E-state index >= 15 is 0 Å². The average Bonchev–Trinajstić information content (AvgIpc) is 2.62. The quantitative estimate of drug-likeness (QED) is 0.654. The molecule has 1 aromatic rings. The predicted octanol–water partition coefficient (Wildman–Crippen LogP) is 5.45. The van der Waals surface area contributed by atoms with E-state index in [9.17, 15) is 4.39 Å². The monoisotopic (exact) mass is 315 g/mol. The summed E-state index contributed by atoms with van der Waals surface area (Å²) < 4.78 is 18.7. The molecule has 0 N–H and O–H groups in total. The number of hydrogen-bond acceptors (Lipinski definition) is 2. The third-order valence-electron chi connectivity index (χ3n) is 5.22. The standard InChI is InChI=1S/C20H26FNO/c1-3-16-6-8-17(9-7-16)18-10-13-20(23-2,14-11-18)12-4-5-19(21)15-22/h5-9,18H,3-4,10-14H2,1-2H3. The molecular formula is C20H26FNO. The van der Waals surface area contributed by atoms with Gasteiger partial charge in [0.05, 0.1) is 5.60 Å². The zero-order chi connectivity index (χ0) is 16.7. The molecular weight excluding hydrogens is 289 g/mol. The zero-order valence-corrected chi connectivity index (χ0v) is 14.1. The predicted molar refractivity (Wildman–Crippen MR) is 90.8 cm³/mol. The number of rotatable bonds is 6. The topological polar surface area (TPSA) is 33.0 Å². The van der Waals surface area contributed by atoms with Crippen LogP contribution in [0.2, 0.25) is 0 Å². The van der Waals surface area contributed by atoms with Crippen molar-refractivity contribution in [1.82, 2.24) is 0 Å². The van der Waals surface area contributed by atoms with E-state index in [4.69, 9.17) is 10.00 Å². The van der Waals surface area contributed by atoms with Gasteiger partial charge in [-0.1, -0.05) is 31.2 Å². The number of nitrogens with zero attached hydrogens (tertiary/aromatic N) is 1. The van der Waals surface area contributed by atoms with Gasteiger partial charge in [-0.25, -0.2) is 0 Å². The van der Waals surface area contributed by atoms with Crippen LogP contribution in [0.1, 0.15) is 62.5 Å². The fraction of sp³-hybridized carbons (Fsp3) is 0.550. The van der Waals surface area contributed by atoms with Gasteiger partial charge in [-0.2, -0.15) is 9.65 Å². The lowest BCUT2D eigenvalue weighted by molar-refractivity contribution is -0.0483. The lowest BCUT2D eigenvalue weighted by Gasteiger charge is -2.39. The molecule has 1 aliphatic carbocycles. The number of methoxy groups -OCH3 is 1. The molecule has 0 heterocycles. The van der Waals surface area contributed by atoms with Gasteiger partial charge in [-0.3, -0.25) is 0 Å². The molecule has 0 saturated heterocycles. The summed E-state index contributed by atoms with van der Waals surface area (Å²) in [7, 11) is 1.75. The molecule has 0 aliphatic heterocycles. The molecule has 1 saturated carbocycles. The Bertz CT molecular complexity index is 562. The Kier molecular flexibility index (Phi) is 6.36. The molecule has 3 heteroatoms. The summed E-state index contributed by atoms with van der Waals surface area (Å²) in [6.45, 7) is 2.17. The Balaban J connectivity index is 1.93. The normalized spacial score (nSPS) is 25.1. The van der Waals surface area contributed by atoms with Gasteiger partial charge in [-0.05, 0) is 68.1 Å². The van der Waals surface area contributed by atoms with Crippen LogP contribution < -0.4 is 0 Å². The van der Waals surface area contributed by atoms with E-state index in [-0.39, 0.29) is 5.60 Å². The molecule has 1 aromatic carbocycles. The summed E-state index contributed by atoms with van der Waals surface area (Å²) in [6.07, 6.45) is 7.97. The fourth-order valence-electron chi connectivity index (χ4n) is 3.57. The van der Waals surface area contributed by atoms with E-state index in [0.717, 1.165) is 38.5 Å². The zero-order valence-electron chi connectivity index (χ0n) is 14.1. The largest absolute Gasteiger partial charge is 0.378 e. The first-order chi connectivity index (χ1) is 11.1. The van der Waals surface area contributed by atoms with Crippen LogP contribution >= 0.6 is 0 Å². The summed E-state index contributed by atoms with van der Waals surface area (Å²) >= 11 is 0. The minimum atomic E-state index is -0.694. The Morgan fingerprint density at radius 3 is 2.52 bits per heavy atom. The van der Waals surface area contributed by atoms with Gasteiger partial charge in [0.25, 0.3) is 0 Å². The van der Waals surface area contributed by atoms with Crippen LogP contribution in [0.4, 0.5) is 4.39 Å². The Labute approximate surface area is 139 Å². The number of benzene rings is 1. The Morgan fingerprint density at radius 1 is 1.35 bits per heavy atom. The summed E-state index contributed by atoms with van der Waals surface area (Å²) in [6, 6.07) is 10.5. The fourth-order valence-corrected chi connectivity index (χ4v) is 3.57. The van der Waals surface area contributed by atoms with Gasteiger partial charge >= 0.3 is 0 Å². The van der Waals surface area contributed by atoms with Crippen LogP contribution in [0.5, 0.6) is 0 Å². The van der Waals surface area contributed by atoms with Crippen molar-refractivity contribution in [2.75, 3.05) is 7.11 Å². The highest BCUT2D eigenvalue weighted by molar-refractivity contribution is 5.26. The lowest BCUT2D eigenvalue weighted by Crippen LogP contribution is -2.35. The summed E-state index contributed by atoms with van der Waals surface area (Å²) in [5.74, 6) is -0.100. The maximum absolute atomic E-state index is 12.9. The van der Waals surface area contributed by atoms with Crippen molar-refractivity contribution in [2.45, 2.75) is 63.4 Å². The van der Waals surface area contributed by atoms with E-state index < -0.39 is 5.83 Å². The first-order valence-electron chi connectivity index (χ1n) is 8.52. The van der Waals surface area contributed by atoms with Crippen molar-refractivity contribution in [1.29, 1.82) is 5.26 Å². The van der Waals surface area contributed by atoms with Crippen molar-refractivity contribution < 1.29 is 9.13 Å². The van der Waals surface area contributed by atoms with Crippen LogP contribution in [-0.2, 0) is 11.2 Å². The van der Waals surface area contributed by atoms with Crippen LogP contribution in [0.15, 0.2) is 36.2 Å². The number of ether oxygens (including phenoxy) is 1. The van der Waals surface area contributed by atoms with Gasteiger partial charge in [0.2, 0.25) is 0 Å². The van der Waals surface area contributed by atoms with Crippen molar-refractivity contribution >= 4 is 0 Å². The van der Waals surface area contributed by atoms with Crippen molar-refractivity contribution in [2.24, 2.45) is 0 Å². The highest BCUT2D eigenvalue weighted by Crippen LogP contribution is 2.42. The third-order valence-corrected chi connectivity index (χ3v) is 5.22. The molecule has 1 fully saturated rings. The molecule has 23 heavy (non-hydrogen) atoms. The number of aryl methyl sites for hydroxylation is 1. The summed E-state index contributed by atoms with van der Waals surface area (Å²) in [5, 5.41) is 8.47. The number of halogens is 1. The van der Waals surface area contributed by atoms with Gasteiger partial charge in [0.15, 0.2) is 5.83 Å². The smallest absolute Gasteiger partial charge is 0.196 e. The first kappa shape index (κ1) is 17.7. The van der Waals surface area contributed by atoms with Gasteiger partial charge in [-0.15, -0.1) is 0 Å². The van der Waals surface area contributed by atoms with Gasteiger partial charge in [0.1, 0.15) is 6.07 Å². The molecule has 0 aromatic heterocycles. The maximum Gasteiger partial charge on any atom is 0.196 e. The van der Waals surface area contributed by atoms with E-state index in [0.29, 0.717) is 12.3 Å². The van der Waals surface area contributed by atoms with E-state index in [1.54, 1.807) is 7.11 Å². The number of nitriles is 1. The number of hydrogen-bond donors (Lipinski definition) is 0. The first-order valence-corrected chi connectivity index (χ1v) is 8.52. The van der Waals surface area contributed by atoms with Crippen molar-refractivity contribution in [3.05, 3.63) is 47.3 Å². The maximum atomic E-state index is 12.9. The second-order valence-electron chi connectivity index (χ2n) is 6.46. The second-order valence-corrected chi connectivity index (χ2v) is 6.46. The Morgan fingerprint density at radius 2 is 2.00 bits per heavy atom. The number of allylic oxidation sites excluding steroid dienone is 2. The molecule has 0 bridgehead atoms. The van der Waals surface area contributed by atoms with E-state index in [1.165, 1.54) is 23.3 Å². The lowest BCUT2D eigenvalue weighted by atomic mass is 9.74. The highest BCUT2D eigenvalue weighted by Gasteiger charge is 2.35. The summed E-state index contributed by atoms with van der Waals surface area (Å²) in [4.78, 5) is 0. The van der Waals surface area contributed by atoms with Crippen molar-refractivity contribution in [3.63, 3.8) is 0 Å². The molecule has 2 nitrogen and oxygen atoms in total. The van der Waals surface area contributed by atoms with E-state index in [1.807, 2.05) is 0 Å².